The molecule has 3 heterocycles. The first kappa shape index (κ1) is 21.4. The van der Waals surface area contributed by atoms with E-state index >= 15 is 0 Å². The van der Waals surface area contributed by atoms with Crippen molar-refractivity contribution in [2.75, 3.05) is 31.1 Å². The number of hydrogen-bond acceptors (Lipinski definition) is 5. The van der Waals surface area contributed by atoms with Crippen molar-refractivity contribution < 1.29 is 0 Å². The average molecular weight is 503 g/mol. The number of imidazole rings is 1. The van der Waals surface area contributed by atoms with Gasteiger partial charge >= 0.3 is 5.69 Å². The Hall–Kier alpha value is -3.41. The summed E-state index contributed by atoms with van der Waals surface area (Å²) in [4.78, 5) is 20.8. The molecular weight excluding hydrogens is 480 g/mol. The van der Waals surface area contributed by atoms with E-state index in [-0.39, 0.29) is 5.69 Å². The van der Waals surface area contributed by atoms with E-state index in [4.69, 9.17) is 4.98 Å². The Bertz CT molecular complexity index is 1400. The zero-order valence-electron chi connectivity index (χ0n) is 18.0. The van der Waals surface area contributed by atoms with Crippen LogP contribution in [0.25, 0.3) is 11.0 Å². The van der Waals surface area contributed by atoms with E-state index in [1.165, 1.54) is 0 Å². The standard InChI is InChI=1S/C25H23BrN6O/c26-21-15-29-24(30-12-10-28-11-13-30)23-22(21)32(17-20-9-5-4-8-19(20)14-27)25(33)31(23)16-18-6-2-1-3-7-18/h1-9,15,28H,10-13,16-17H2. The fraction of sp³-hybridized carbons (Fsp3) is 0.240. The Morgan fingerprint density at radius 3 is 2.42 bits per heavy atom. The number of nitriles is 1. The molecule has 0 amide bonds. The van der Waals surface area contributed by atoms with Crippen LogP contribution in [0.3, 0.4) is 0 Å². The quantitative estimate of drug-likeness (QED) is 0.452. The lowest BCUT2D eigenvalue weighted by molar-refractivity contribution is 0.585. The van der Waals surface area contributed by atoms with E-state index in [0.29, 0.717) is 18.7 Å². The molecule has 2 aromatic carbocycles. The number of nitrogens with zero attached hydrogens (tertiary/aromatic N) is 5. The van der Waals surface area contributed by atoms with Gasteiger partial charge in [-0.25, -0.2) is 9.78 Å². The van der Waals surface area contributed by atoms with Crippen molar-refractivity contribution >= 4 is 32.8 Å². The van der Waals surface area contributed by atoms with Crippen LogP contribution in [0.15, 0.2) is 70.1 Å². The van der Waals surface area contributed by atoms with Gasteiger partial charge in [-0.3, -0.25) is 9.13 Å². The van der Waals surface area contributed by atoms with E-state index in [1.807, 2.05) is 53.1 Å². The van der Waals surface area contributed by atoms with Crippen molar-refractivity contribution in [1.82, 2.24) is 19.4 Å². The van der Waals surface area contributed by atoms with Crippen molar-refractivity contribution in [3.05, 3.63) is 92.4 Å². The maximum Gasteiger partial charge on any atom is 0.329 e. The van der Waals surface area contributed by atoms with Gasteiger partial charge in [0.1, 0.15) is 5.52 Å². The summed E-state index contributed by atoms with van der Waals surface area (Å²) < 4.78 is 4.33. The van der Waals surface area contributed by atoms with Gasteiger partial charge < -0.3 is 10.2 Å². The molecular formula is C25H23BrN6O. The first-order valence-electron chi connectivity index (χ1n) is 10.9. The highest BCUT2D eigenvalue weighted by atomic mass is 79.9. The van der Waals surface area contributed by atoms with Crippen molar-refractivity contribution in [3.8, 4) is 6.07 Å². The summed E-state index contributed by atoms with van der Waals surface area (Å²) in [6, 6.07) is 19.6. The summed E-state index contributed by atoms with van der Waals surface area (Å²) in [5.74, 6) is 0.815. The number of rotatable bonds is 5. The lowest BCUT2D eigenvalue weighted by atomic mass is 10.1. The molecule has 0 radical (unpaired) electrons. The number of piperazine rings is 1. The highest BCUT2D eigenvalue weighted by molar-refractivity contribution is 9.10. The summed E-state index contributed by atoms with van der Waals surface area (Å²) in [6.45, 7) is 4.15. The van der Waals surface area contributed by atoms with Crippen LogP contribution >= 0.6 is 15.9 Å². The predicted octanol–water partition coefficient (Wildman–Crippen LogP) is 3.34. The van der Waals surface area contributed by atoms with Crippen LogP contribution in [0.4, 0.5) is 5.82 Å². The molecule has 0 saturated carbocycles. The second-order valence-electron chi connectivity index (χ2n) is 8.07. The third-order valence-electron chi connectivity index (χ3n) is 6.03. The zero-order valence-corrected chi connectivity index (χ0v) is 19.6. The van der Waals surface area contributed by atoms with Gasteiger partial charge in [0, 0.05) is 32.4 Å². The van der Waals surface area contributed by atoms with Crippen molar-refractivity contribution in [2.24, 2.45) is 0 Å². The van der Waals surface area contributed by atoms with Crippen LogP contribution in [0.1, 0.15) is 16.7 Å². The van der Waals surface area contributed by atoms with E-state index in [9.17, 15) is 10.1 Å². The van der Waals surface area contributed by atoms with Gasteiger partial charge in [0.15, 0.2) is 5.82 Å². The Balaban J connectivity index is 1.74. The zero-order chi connectivity index (χ0) is 22.8. The monoisotopic (exact) mass is 502 g/mol. The smallest absolute Gasteiger partial charge is 0.329 e. The van der Waals surface area contributed by atoms with Gasteiger partial charge in [-0.15, -0.1) is 0 Å². The summed E-state index contributed by atoms with van der Waals surface area (Å²) in [6.07, 6.45) is 1.78. The molecule has 8 heteroatoms. The van der Waals surface area contributed by atoms with Crippen molar-refractivity contribution in [1.29, 1.82) is 5.26 Å². The number of fused-ring (bicyclic) bond motifs is 1. The molecule has 2 aromatic heterocycles. The Morgan fingerprint density at radius 2 is 1.67 bits per heavy atom. The van der Waals surface area contributed by atoms with Gasteiger partial charge in [0.05, 0.1) is 34.7 Å². The molecule has 1 aliphatic rings. The SMILES string of the molecule is N#Cc1ccccc1Cn1c(=O)n(Cc2ccccc2)c2c(N3CCNCC3)ncc(Br)c21. The van der Waals surface area contributed by atoms with Crippen LogP contribution < -0.4 is 15.9 Å². The summed E-state index contributed by atoms with van der Waals surface area (Å²) in [5.41, 5.74) is 3.92. The molecule has 166 valence electrons. The van der Waals surface area contributed by atoms with E-state index in [0.717, 1.165) is 58.6 Å². The molecule has 0 atom stereocenters. The highest BCUT2D eigenvalue weighted by Crippen LogP contribution is 2.31. The van der Waals surface area contributed by atoms with Gasteiger partial charge in [0.2, 0.25) is 0 Å². The molecule has 0 spiro atoms. The molecule has 4 aromatic rings. The molecule has 0 bridgehead atoms. The molecule has 1 N–H and O–H groups in total. The summed E-state index contributed by atoms with van der Waals surface area (Å²) in [7, 11) is 0. The normalized spacial score (nSPS) is 13.9. The summed E-state index contributed by atoms with van der Waals surface area (Å²) >= 11 is 3.66. The predicted molar refractivity (Wildman–Crippen MR) is 133 cm³/mol. The van der Waals surface area contributed by atoms with Gasteiger partial charge in [-0.1, -0.05) is 48.5 Å². The number of nitrogens with one attached hydrogen (secondary N) is 1. The Morgan fingerprint density at radius 1 is 0.970 bits per heavy atom. The lowest BCUT2D eigenvalue weighted by Crippen LogP contribution is -2.44. The van der Waals surface area contributed by atoms with E-state index in [2.05, 4.69) is 32.2 Å². The first-order valence-corrected chi connectivity index (χ1v) is 11.7. The fourth-order valence-corrected chi connectivity index (χ4v) is 4.91. The topological polar surface area (TPSA) is 78.9 Å². The minimum Gasteiger partial charge on any atom is -0.352 e. The summed E-state index contributed by atoms with van der Waals surface area (Å²) in [5, 5.41) is 13.0. The van der Waals surface area contributed by atoms with Crippen molar-refractivity contribution in [3.63, 3.8) is 0 Å². The lowest BCUT2D eigenvalue weighted by Gasteiger charge is -2.29. The number of benzene rings is 2. The maximum absolute atomic E-state index is 13.8. The van der Waals surface area contributed by atoms with Crippen LogP contribution in [-0.4, -0.2) is 40.3 Å². The number of pyridine rings is 1. The molecule has 0 aliphatic carbocycles. The third kappa shape index (κ3) is 4.06. The number of aromatic nitrogens is 3. The molecule has 33 heavy (non-hydrogen) atoms. The molecule has 0 unspecified atom stereocenters. The second kappa shape index (κ2) is 9.22. The molecule has 7 nitrogen and oxygen atoms in total. The van der Waals surface area contributed by atoms with Gasteiger partial charge in [0.25, 0.3) is 0 Å². The average Bonchev–Trinajstić information content (AvgIpc) is 3.13. The molecule has 5 rings (SSSR count). The number of halogens is 1. The number of anilines is 1. The van der Waals surface area contributed by atoms with Gasteiger partial charge in [-0.05, 0) is 33.1 Å². The van der Waals surface area contributed by atoms with Crippen molar-refractivity contribution in [2.45, 2.75) is 13.1 Å². The largest absolute Gasteiger partial charge is 0.352 e. The van der Waals surface area contributed by atoms with Gasteiger partial charge in [-0.2, -0.15) is 5.26 Å². The van der Waals surface area contributed by atoms with Crippen LogP contribution in [0.2, 0.25) is 0 Å². The van der Waals surface area contributed by atoms with E-state index < -0.39 is 0 Å². The highest BCUT2D eigenvalue weighted by Gasteiger charge is 2.24. The first-order chi connectivity index (χ1) is 16.2. The molecule has 1 aliphatic heterocycles. The Labute approximate surface area is 200 Å². The van der Waals surface area contributed by atoms with Crippen LogP contribution in [0.5, 0.6) is 0 Å². The van der Waals surface area contributed by atoms with E-state index in [1.54, 1.807) is 16.8 Å². The maximum atomic E-state index is 13.8. The molecule has 1 saturated heterocycles. The second-order valence-corrected chi connectivity index (χ2v) is 8.93. The Kier molecular flexibility index (Phi) is 5.99. The van der Waals surface area contributed by atoms with Crippen LogP contribution in [0, 0.1) is 11.3 Å². The van der Waals surface area contributed by atoms with Crippen LogP contribution in [-0.2, 0) is 13.1 Å². The third-order valence-corrected chi connectivity index (χ3v) is 6.61. The number of hydrogen-bond donors (Lipinski definition) is 1. The molecule has 1 fully saturated rings. The minimum atomic E-state index is -0.119. The fourth-order valence-electron chi connectivity index (χ4n) is 4.41. The minimum absolute atomic E-state index is 0.119.